The van der Waals surface area contributed by atoms with Crippen molar-refractivity contribution in [1.82, 2.24) is 0 Å². The van der Waals surface area contributed by atoms with Crippen molar-refractivity contribution >= 4 is 46.3 Å². The molecule has 0 saturated heterocycles. The average Bonchev–Trinajstić information content (AvgIpc) is 2.33. The molecule has 0 unspecified atom stereocenters. The zero-order valence-electron chi connectivity index (χ0n) is 9.20. The number of nitrogens with two attached hydrogens (primary N) is 1. The minimum absolute atomic E-state index is 0.310. The van der Waals surface area contributed by atoms with Crippen molar-refractivity contribution in [1.29, 1.82) is 0 Å². The Hall–Kier alpha value is -1.22. The van der Waals surface area contributed by atoms with Crippen LogP contribution in [0.15, 0.2) is 47.5 Å². The summed E-state index contributed by atoms with van der Waals surface area (Å²) >= 11 is 17.9. The Balaban J connectivity index is 2.42. The molecule has 2 nitrogen and oxygen atoms in total. The van der Waals surface area contributed by atoms with Gasteiger partial charge in [-0.15, -0.1) is 0 Å². The highest BCUT2D eigenvalue weighted by molar-refractivity contribution is 6.36. The summed E-state index contributed by atoms with van der Waals surface area (Å²) in [4.78, 5) is 4.25. The Bertz CT molecular complexity index is 609. The number of aliphatic imine (C=N–C) groups is 1. The molecular weight excluding hydrogens is 291 g/mol. The predicted molar refractivity (Wildman–Crippen MR) is 78.3 cm³/mol. The smallest absolute Gasteiger partial charge is 0.132 e. The van der Waals surface area contributed by atoms with Crippen LogP contribution in [0.1, 0.15) is 5.56 Å². The summed E-state index contributed by atoms with van der Waals surface area (Å²) in [5, 5.41) is 1.54. The van der Waals surface area contributed by atoms with Crippen LogP contribution in [0.25, 0.3) is 0 Å². The number of nitrogens with zero attached hydrogens (tertiary/aromatic N) is 1. The lowest BCUT2D eigenvalue weighted by molar-refractivity contribution is 1.45. The molecule has 2 rings (SSSR count). The molecule has 18 heavy (non-hydrogen) atoms. The van der Waals surface area contributed by atoms with Crippen molar-refractivity contribution in [2.75, 3.05) is 0 Å². The van der Waals surface area contributed by atoms with Crippen LogP contribution in [0.5, 0.6) is 0 Å². The summed E-state index contributed by atoms with van der Waals surface area (Å²) in [6.07, 6.45) is 0. The molecule has 2 aromatic rings. The molecule has 0 radical (unpaired) electrons. The highest BCUT2D eigenvalue weighted by Gasteiger charge is 2.05. The maximum absolute atomic E-state index is 6.04. The van der Waals surface area contributed by atoms with Gasteiger partial charge in [-0.25, -0.2) is 4.99 Å². The van der Waals surface area contributed by atoms with E-state index in [0.717, 1.165) is 0 Å². The van der Waals surface area contributed by atoms with Crippen LogP contribution in [-0.2, 0) is 0 Å². The molecule has 0 amide bonds. The van der Waals surface area contributed by atoms with Gasteiger partial charge in [0.2, 0.25) is 0 Å². The van der Waals surface area contributed by atoms with E-state index in [0.29, 0.717) is 32.2 Å². The third-order valence-corrected chi connectivity index (χ3v) is 3.17. The zero-order valence-corrected chi connectivity index (χ0v) is 11.5. The standard InChI is InChI=1S/C13H9Cl3N2/c14-8-5-6-12(11(16)7-8)18-13(17)9-3-1-2-4-10(9)15/h1-7H,(H2,17,18). The fraction of sp³-hybridized carbons (Fsp3) is 0. The second-order valence-corrected chi connectivity index (χ2v) is 4.82. The molecule has 2 aromatic carbocycles. The van der Waals surface area contributed by atoms with Crippen LogP contribution in [-0.4, -0.2) is 5.84 Å². The SMILES string of the molecule is NC(=Nc1ccc(Cl)cc1Cl)c1ccccc1Cl. The molecule has 5 heteroatoms. The number of hydrogen-bond donors (Lipinski definition) is 1. The molecule has 92 valence electrons. The van der Waals surface area contributed by atoms with Crippen molar-refractivity contribution in [2.45, 2.75) is 0 Å². The molecule has 0 spiro atoms. The summed E-state index contributed by atoms with van der Waals surface area (Å²) in [7, 11) is 0. The van der Waals surface area contributed by atoms with E-state index < -0.39 is 0 Å². The maximum atomic E-state index is 6.04. The summed E-state index contributed by atoms with van der Waals surface area (Å²) in [6, 6.07) is 12.2. The summed E-state index contributed by atoms with van der Waals surface area (Å²) < 4.78 is 0. The molecule has 0 aliphatic heterocycles. The highest BCUT2D eigenvalue weighted by atomic mass is 35.5. The van der Waals surface area contributed by atoms with Crippen molar-refractivity contribution in [3.63, 3.8) is 0 Å². The number of halogens is 3. The van der Waals surface area contributed by atoms with E-state index in [9.17, 15) is 0 Å². The second kappa shape index (κ2) is 5.61. The molecule has 0 aromatic heterocycles. The lowest BCUT2D eigenvalue weighted by Gasteiger charge is -2.04. The second-order valence-electron chi connectivity index (χ2n) is 3.57. The Labute approximate surface area is 120 Å². The molecular formula is C13H9Cl3N2. The van der Waals surface area contributed by atoms with Crippen LogP contribution in [0.3, 0.4) is 0 Å². The monoisotopic (exact) mass is 298 g/mol. The molecule has 0 aliphatic rings. The van der Waals surface area contributed by atoms with Gasteiger partial charge in [0, 0.05) is 10.6 Å². The lowest BCUT2D eigenvalue weighted by atomic mass is 10.2. The largest absolute Gasteiger partial charge is 0.383 e. The summed E-state index contributed by atoms with van der Waals surface area (Å²) in [5.41, 5.74) is 7.13. The highest BCUT2D eigenvalue weighted by Crippen LogP contribution is 2.28. The Kier molecular flexibility index (Phi) is 4.12. The van der Waals surface area contributed by atoms with Gasteiger partial charge in [-0.2, -0.15) is 0 Å². The molecule has 0 bridgehead atoms. The van der Waals surface area contributed by atoms with Crippen molar-refractivity contribution in [3.05, 3.63) is 63.1 Å². The maximum Gasteiger partial charge on any atom is 0.132 e. The van der Waals surface area contributed by atoms with Crippen LogP contribution in [0.4, 0.5) is 5.69 Å². The Morgan fingerprint density at radius 1 is 0.944 bits per heavy atom. The quantitative estimate of drug-likeness (QED) is 0.634. The van der Waals surface area contributed by atoms with Crippen LogP contribution >= 0.6 is 34.8 Å². The van der Waals surface area contributed by atoms with E-state index in [4.69, 9.17) is 40.5 Å². The Morgan fingerprint density at radius 3 is 2.33 bits per heavy atom. The first-order valence-corrected chi connectivity index (χ1v) is 6.25. The van der Waals surface area contributed by atoms with E-state index in [-0.39, 0.29) is 0 Å². The van der Waals surface area contributed by atoms with Crippen molar-refractivity contribution in [2.24, 2.45) is 10.7 Å². The van der Waals surface area contributed by atoms with Gasteiger partial charge in [-0.1, -0.05) is 46.9 Å². The first kappa shape index (κ1) is 13.2. The first-order valence-electron chi connectivity index (χ1n) is 5.12. The van der Waals surface area contributed by atoms with Crippen LogP contribution < -0.4 is 5.73 Å². The molecule has 0 aliphatic carbocycles. The van der Waals surface area contributed by atoms with Gasteiger partial charge in [0.05, 0.1) is 15.7 Å². The van der Waals surface area contributed by atoms with Gasteiger partial charge in [0.25, 0.3) is 0 Å². The zero-order chi connectivity index (χ0) is 13.1. The molecule has 0 saturated carbocycles. The van der Waals surface area contributed by atoms with Gasteiger partial charge in [-0.05, 0) is 30.3 Å². The summed E-state index contributed by atoms with van der Waals surface area (Å²) in [5.74, 6) is 0.310. The topological polar surface area (TPSA) is 38.4 Å². The van der Waals surface area contributed by atoms with Crippen LogP contribution in [0, 0.1) is 0 Å². The van der Waals surface area contributed by atoms with E-state index in [1.54, 1.807) is 30.3 Å². The Morgan fingerprint density at radius 2 is 1.67 bits per heavy atom. The minimum atomic E-state index is 0.310. The molecule has 2 N–H and O–H groups in total. The van der Waals surface area contributed by atoms with E-state index in [1.807, 2.05) is 12.1 Å². The normalized spacial score (nSPS) is 11.6. The number of hydrogen-bond acceptors (Lipinski definition) is 1. The number of benzene rings is 2. The van der Waals surface area contributed by atoms with E-state index >= 15 is 0 Å². The third-order valence-electron chi connectivity index (χ3n) is 2.30. The van der Waals surface area contributed by atoms with Crippen LogP contribution in [0.2, 0.25) is 15.1 Å². The lowest BCUT2D eigenvalue weighted by Crippen LogP contribution is -2.13. The van der Waals surface area contributed by atoms with Gasteiger partial charge in [-0.3, -0.25) is 0 Å². The van der Waals surface area contributed by atoms with Gasteiger partial charge < -0.3 is 5.73 Å². The average molecular weight is 300 g/mol. The van der Waals surface area contributed by atoms with E-state index in [1.165, 1.54) is 0 Å². The third kappa shape index (κ3) is 2.96. The minimum Gasteiger partial charge on any atom is -0.383 e. The van der Waals surface area contributed by atoms with Gasteiger partial charge in [0.15, 0.2) is 0 Å². The molecule has 0 fully saturated rings. The first-order chi connectivity index (χ1) is 8.58. The van der Waals surface area contributed by atoms with E-state index in [2.05, 4.69) is 4.99 Å². The number of amidine groups is 1. The molecule has 0 atom stereocenters. The summed E-state index contributed by atoms with van der Waals surface area (Å²) in [6.45, 7) is 0. The van der Waals surface area contributed by atoms with Gasteiger partial charge in [0.1, 0.15) is 5.84 Å². The van der Waals surface area contributed by atoms with Crippen molar-refractivity contribution in [3.8, 4) is 0 Å². The fourth-order valence-corrected chi connectivity index (χ4v) is 2.11. The fourth-order valence-electron chi connectivity index (χ4n) is 1.43. The van der Waals surface area contributed by atoms with Gasteiger partial charge >= 0.3 is 0 Å². The number of rotatable bonds is 2. The predicted octanol–water partition coefficient (Wildman–Crippen LogP) is 4.68. The molecule has 0 heterocycles. The van der Waals surface area contributed by atoms with Crippen molar-refractivity contribution < 1.29 is 0 Å².